The predicted octanol–water partition coefficient (Wildman–Crippen LogP) is 0.410. The van der Waals surface area contributed by atoms with E-state index >= 15 is 0 Å². The first-order valence-corrected chi connectivity index (χ1v) is 7.43. The molecule has 0 radical (unpaired) electrons. The van der Waals surface area contributed by atoms with Gasteiger partial charge in [-0.25, -0.2) is 13.1 Å². The number of nitrogens with zero attached hydrogens (tertiary/aromatic N) is 1. The number of sulfonamides is 1. The van der Waals surface area contributed by atoms with Crippen molar-refractivity contribution in [2.75, 3.05) is 25.4 Å². The molecule has 0 amide bonds. The summed E-state index contributed by atoms with van der Waals surface area (Å²) in [5.41, 5.74) is 0. The van der Waals surface area contributed by atoms with Gasteiger partial charge < -0.3 is 0 Å². The van der Waals surface area contributed by atoms with Gasteiger partial charge >= 0.3 is 0 Å². The summed E-state index contributed by atoms with van der Waals surface area (Å²) in [5, 5.41) is 0. The van der Waals surface area contributed by atoms with Crippen LogP contribution in [-0.4, -0.2) is 44.7 Å². The first kappa shape index (κ1) is 11.4. The Morgan fingerprint density at radius 3 is 2.40 bits per heavy atom. The lowest BCUT2D eigenvalue weighted by Gasteiger charge is -2.38. The number of hydrogen-bond acceptors (Lipinski definition) is 3. The van der Waals surface area contributed by atoms with E-state index < -0.39 is 10.0 Å². The molecule has 0 bridgehead atoms. The van der Waals surface area contributed by atoms with Gasteiger partial charge in [-0.2, -0.15) is 0 Å². The number of piperidine rings is 1. The minimum Gasteiger partial charge on any atom is -0.299 e. The fraction of sp³-hybridized carbons (Fsp3) is 1.00. The van der Waals surface area contributed by atoms with Crippen molar-refractivity contribution in [3.8, 4) is 0 Å². The van der Waals surface area contributed by atoms with Crippen LogP contribution < -0.4 is 4.72 Å². The van der Waals surface area contributed by atoms with Crippen LogP contribution in [0.5, 0.6) is 0 Å². The Labute approximate surface area is 92.1 Å². The van der Waals surface area contributed by atoms with Crippen LogP contribution >= 0.6 is 0 Å². The van der Waals surface area contributed by atoms with Crippen molar-refractivity contribution in [2.45, 2.75) is 32.2 Å². The molecule has 2 fully saturated rings. The summed E-state index contributed by atoms with van der Waals surface area (Å²) in [5.74, 6) is 1.13. The van der Waals surface area contributed by atoms with Crippen molar-refractivity contribution in [3.05, 3.63) is 0 Å². The van der Waals surface area contributed by atoms with Gasteiger partial charge in [0, 0.05) is 12.6 Å². The lowest BCUT2D eigenvalue weighted by atomic mass is 9.97. The second-order valence-corrected chi connectivity index (χ2v) is 6.75. The van der Waals surface area contributed by atoms with E-state index in [-0.39, 0.29) is 0 Å². The minimum absolute atomic E-state index is 0.295. The van der Waals surface area contributed by atoms with Gasteiger partial charge in [-0.15, -0.1) is 0 Å². The first-order valence-electron chi connectivity index (χ1n) is 5.78. The topological polar surface area (TPSA) is 49.4 Å². The van der Waals surface area contributed by atoms with Gasteiger partial charge in [-0.05, 0) is 38.3 Å². The molecule has 0 aliphatic carbocycles. The average molecular weight is 232 g/mol. The average Bonchev–Trinajstić information content (AvgIpc) is 2.20. The Balaban J connectivity index is 1.86. The summed E-state index contributed by atoms with van der Waals surface area (Å²) in [6, 6.07) is 0.432. The second kappa shape index (κ2) is 4.39. The number of hydrogen-bond donors (Lipinski definition) is 1. The molecule has 88 valence electrons. The summed E-state index contributed by atoms with van der Waals surface area (Å²) < 4.78 is 25.1. The molecule has 4 nitrogen and oxygen atoms in total. The smallest absolute Gasteiger partial charge is 0.211 e. The van der Waals surface area contributed by atoms with Gasteiger partial charge in [0.2, 0.25) is 10.0 Å². The molecule has 0 aromatic heterocycles. The van der Waals surface area contributed by atoms with Crippen LogP contribution in [0.4, 0.5) is 0 Å². The Bertz CT molecular complexity index is 293. The van der Waals surface area contributed by atoms with Crippen LogP contribution in [-0.2, 0) is 10.0 Å². The van der Waals surface area contributed by atoms with Crippen LogP contribution in [0.25, 0.3) is 0 Å². The highest BCUT2D eigenvalue weighted by molar-refractivity contribution is 7.89. The van der Waals surface area contributed by atoms with Crippen LogP contribution in [0.3, 0.4) is 0 Å². The van der Waals surface area contributed by atoms with E-state index in [0.717, 1.165) is 25.4 Å². The molecule has 2 aliphatic heterocycles. The second-order valence-electron chi connectivity index (χ2n) is 4.83. The fourth-order valence-corrected chi connectivity index (χ4v) is 3.57. The highest BCUT2D eigenvalue weighted by Gasteiger charge is 2.29. The molecule has 0 saturated carbocycles. The van der Waals surface area contributed by atoms with Crippen LogP contribution in [0.1, 0.15) is 26.2 Å². The third-order valence-electron chi connectivity index (χ3n) is 3.59. The standard InChI is InChI=1S/C10H20N2O2S/c1-9-2-5-12(6-3-9)10-4-7-15(13,14)11-8-10/h9-11H,2-8H2,1H3. The van der Waals surface area contributed by atoms with Gasteiger partial charge in [0.15, 0.2) is 0 Å². The molecule has 0 spiro atoms. The van der Waals surface area contributed by atoms with Gasteiger partial charge in [-0.3, -0.25) is 4.90 Å². The summed E-state index contributed by atoms with van der Waals surface area (Å²) >= 11 is 0. The van der Waals surface area contributed by atoms with E-state index in [4.69, 9.17) is 0 Å². The first-order chi connectivity index (χ1) is 7.07. The molecule has 1 atom stereocenters. The largest absolute Gasteiger partial charge is 0.299 e. The van der Waals surface area contributed by atoms with Crippen molar-refractivity contribution >= 4 is 10.0 Å². The van der Waals surface area contributed by atoms with E-state index in [9.17, 15) is 8.42 Å². The molecule has 2 heterocycles. The molecular weight excluding hydrogens is 212 g/mol. The zero-order valence-electron chi connectivity index (χ0n) is 9.28. The Kier molecular flexibility index (Phi) is 3.33. The van der Waals surface area contributed by atoms with Crippen molar-refractivity contribution < 1.29 is 8.42 Å². The highest BCUT2D eigenvalue weighted by atomic mass is 32.2. The van der Waals surface area contributed by atoms with Gasteiger partial charge in [0.05, 0.1) is 5.75 Å². The minimum atomic E-state index is -2.94. The molecule has 2 aliphatic rings. The lowest BCUT2D eigenvalue weighted by Crippen LogP contribution is -2.51. The maximum absolute atomic E-state index is 11.2. The molecular formula is C10H20N2O2S. The molecule has 2 saturated heterocycles. The van der Waals surface area contributed by atoms with E-state index in [1.165, 1.54) is 12.8 Å². The SMILES string of the molecule is CC1CCN(C2CCS(=O)(=O)NC2)CC1. The molecule has 1 unspecified atom stereocenters. The zero-order valence-corrected chi connectivity index (χ0v) is 10.1. The van der Waals surface area contributed by atoms with Gasteiger partial charge in [0.25, 0.3) is 0 Å². The summed E-state index contributed by atoms with van der Waals surface area (Å²) in [6.45, 7) is 5.17. The highest BCUT2D eigenvalue weighted by Crippen LogP contribution is 2.20. The zero-order chi connectivity index (χ0) is 10.9. The Morgan fingerprint density at radius 2 is 1.87 bits per heavy atom. The monoisotopic (exact) mass is 232 g/mol. The molecule has 15 heavy (non-hydrogen) atoms. The quantitative estimate of drug-likeness (QED) is 0.712. The maximum atomic E-state index is 11.2. The molecule has 2 rings (SSSR count). The number of rotatable bonds is 1. The summed E-state index contributed by atoms with van der Waals surface area (Å²) in [6.07, 6.45) is 3.30. The van der Waals surface area contributed by atoms with Crippen molar-refractivity contribution in [3.63, 3.8) is 0 Å². The fourth-order valence-electron chi connectivity index (χ4n) is 2.39. The predicted molar refractivity (Wildman–Crippen MR) is 60.2 cm³/mol. The van der Waals surface area contributed by atoms with Gasteiger partial charge in [-0.1, -0.05) is 6.92 Å². The molecule has 0 aromatic rings. The molecule has 5 heteroatoms. The summed E-state index contributed by atoms with van der Waals surface area (Å²) in [7, 11) is -2.94. The number of likely N-dealkylation sites (tertiary alicyclic amines) is 1. The molecule has 0 aromatic carbocycles. The molecule has 1 N–H and O–H groups in total. The van der Waals surface area contributed by atoms with Crippen LogP contribution in [0, 0.1) is 5.92 Å². The van der Waals surface area contributed by atoms with Crippen LogP contribution in [0.15, 0.2) is 0 Å². The Hall–Kier alpha value is -0.130. The van der Waals surface area contributed by atoms with E-state index in [1.807, 2.05) is 0 Å². The van der Waals surface area contributed by atoms with Crippen molar-refractivity contribution in [1.29, 1.82) is 0 Å². The normalized spacial score (nSPS) is 34.1. The summed E-state index contributed by atoms with van der Waals surface area (Å²) in [4.78, 5) is 2.45. The van der Waals surface area contributed by atoms with Gasteiger partial charge in [0.1, 0.15) is 0 Å². The lowest BCUT2D eigenvalue weighted by molar-refractivity contribution is 0.133. The van der Waals surface area contributed by atoms with Crippen LogP contribution in [0.2, 0.25) is 0 Å². The van der Waals surface area contributed by atoms with E-state index in [2.05, 4.69) is 16.5 Å². The number of nitrogens with one attached hydrogen (secondary N) is 1. The maximum Gasteiger partial charge on any atom is 0.211 e. The van der Waals surface area contributed by atoms with Crippen molar-refractivity contribution in [1.82, 2.24) is 9.62 Å². The Morgan fingerprint density at radius 1 is 1.20 bits per heavy atom. The third-order valence-corrected chi connectivity index (χ3v) is 4.97. The third kappa shape index (κ3) is 2.92. The van der Waals surface area contributed by atoms with Crippen molar-refractivity contribution in [2.24, 2.45) is 5.92 Å². The van der Waals surface area contributed by atoms with E-state index in [0.29, 0.717) is 18.3 Å². The van der Waals surface area contributed by atoms with E-state index in [1.54, 1.807) is 0 Å².